The van der Waals surface area contributed by atoms with Gasteiger partial charge >= 0.3 is 0 Å². The van der Waals surface area contributed by atoms with E-state index >= 15 is 0 Å². The lowest BCUT2D eigenvalue weighted by Crippen LogP contribution is -2.40. The van der Waals surface area contributed by atoms with Crippen molar-refractivity contribution < 1.29 is 14.3 Å². The van der Waals surface area contributed by atoms with Gasteiger partial charge in [-0.25, -0.2) is 0 Å². The molecule has 2 rings (SSSR count). The molecule has 0 aliphatic carbocycles. The van der Waals surface area contributed by atoms with Gasteiger partial charge in [-0.1, -0.05) is 6.07 Å². The quantitative estimate of drug-likeness (QED) is 0.852. The van der Waals surface area contributed by atoms with Crippen LogP contribution < -0.4 is 15.2 Å². The molecule has 0 unspecified atom stereocenters. The van der Waals surface area contributed by atoms with E-state index < -0.39 is 0 Å². The Labute approximate surface area is 106 Å². The molecular weight excluding hydrogens is 232 g/mol. The number of rotatable bonds is 4. The number of methoxy groups -OCH3 is 2. The van der Waals surface area contributed by atoms with Gasteiger partial charge in [-0.2, -0.15) is 0 Å². The van der Waals surface area contributed by atoms with Crippen molar-refractivity contribution >= 4 is 5.91 Å². The number of hydrogen-bond donors (Lipinski definition) is 1. The molecule has 1 aliphatic heterocycles. The van der Waals surface area contributed by atoms with Crippen molar-refractivity contribution in [3.8, 4) is 11.5 Å². The van der Waals surface area contributed by atoms with E-state index in [4.69, 9.17) is 15.2 Å². The van der Waals surface area contributed by atoms with Crippen LogP contribution in [-0.4, -0.2) is 44.7 Å². The molecule has 18 heavy (non-hydrogen) atoms. The lowest BCUT2D eigenvalue weighted by molar-refractivity contribution is 0.0740. The summed E-state index contributed by atoms with van der Waals surface area (Å²) >= 11 is 0. The van der Waals surface area contributed by atoms with E-state index in [0.717, 1.165) is 12.0 Å². The molecular formula is C13H18N2O3. The Morgan fingerprint density at radius 1 is 1.33 bits per heavy atom. The predicted octanol–water partition coefficient (Wildman–Crippen LogP) is 0.661. The molecule has 1 heterocycles. The first-order valence-electron chi connectivity index (χ1n) is 5.96. The Bertz CT molecular complexity index is 460. The molecule has 0 aromatic heterocycles. The van der Waals surface area contributed by atoms with Gasteiger partial charge in [0.1, 0.15) is 0 Å². The molecule has 1 aliphatic rings. The average molecular weight is 250 g/mol. The number of carbonyl (C=O) groups is 1. The number of nitrogens with two attached hydrogens (primary N) is 1. The van der Waals surface area contributed by atoms with Crippen molar-refractivity contribution in [2.75, 3.05) is 33.9 Å². The van der Waals surface area contributed by atoms with Gasteiger partial charge in [-0.15, -0.1) is 0 Å². The molecule has 0 saturated carbocycles. The summed E-state index contributed by atoms with van der Waals surface area (Å²) in [5.74, 6) is 1.07. The molecule has 0 spiro atoms. The van der Waals surface area contributed by atoms with Crippen LogP contribution in [0.2, 0.25) is 0 Å². The van der Waals surface area contributed by atoms with Crippen LogP contribution in [0.1, 0.15) is 15.9 Å². The third-order valence-electron chi connectivity index (χ3n) is 3.18. The van der Waals surface area contributed by atoms with Crippen LogP contribution in [0.15, 0.2) is 12.1 Å². The average Bonchev–Trinajstić information content (AvgIpc) is 2.40. The Hall–Kier alpha value is -1.75. The summed E-state index contributed by atoms with van der Waals surface area (Å²) in [5, 5.41) is 0. The summed E-state index contributed by atoms with van der Waals surface area (Å²) in [7, 11) is 3.11. The number of ether oxygens (including phenoxy) is 2. The van der Waals surface area contributed by atoms with Crippen molar-refractivity contribution in [2.24, 2.45) is 5.73 Å². The van der Waals surface area contributed by atoms with Crippen molar-refractivity contribution in [3.63, 3.8) is 0 Å². The highest BCUT2D eigenvalue weighted by atomic mass is 16.5. The Balaban J connectivity index is 2.47. The zero-order valence-electron chi connectivity index (χ0n) is 10.7. The smallest absolute Gasteiger partial charge is 0.258 e. The van der Waals surface area contributed by atoms with E-state index in [0.29, 0.717) is 36.7 Å². The molecule has 0 radical (unpaired) electrons. The van der Waals surface area contributed by atoms with Gasteiger partial charge < -0.3 is 20.1 Å². The summed E-state index contributed by atoms with van der Waals surface area (Å²) < 4.78 is 10.6. The van der Waals surface area contributed by atoms with E-state index in [2.05, 4.69) is 0 Å². The zero-order chi connectivity index (χ0) is 13.1. The van der Waals surface area contributed by atoms with Gasteiger partial charge in [-0.05, 0) is 18.1 Å². The number of fused-ring (bicyclic) bond motifs is 1. The van der Waals surface area contributed by atoms with Gasteiger partial charge in [0.2, 0.25) is 0 Å². The van der Waals surface area contributed by atoms with Crippen LogP contribution >= 0.6 is 0 Å². The highest BCUT2D eigenvalue weighted by molar-refractivity contribution is 6.00. The molecule has 1 amide bonds. The van der Waals surface area contributed by atoms with Crippen LogP contribution in [0.4, 0.5) is 0 Å². The molecule has 1 aromatic carbocycles. The number of benzene rings is 1. The minimum atomic E-state index is -0.0301. The maximum absolute atomic E-state index is 12.4. The highest BCUT2D eigenvalue weighted by Gasteiger charge is 2.29. The van der Waals surface area contributed by atoms with E-state index in [1.165, 1.54) is 0 Å². The molecule has 0 fully saturated rings. The fourth-order valence-electron chi connectivity index (χ4n) is 2.29. The fourth-order valence-corrected chi connectivity index (χ4v) is 2.29. The number of hydrogen-bond acceptors (Lipinski definition) is 4. The molecule has 1 aromatic rings. The monoisotopic (exact) mass is 250 g/mol. The second-order valence-corrected chi connectivity index (χ2v) is 4.17. The standard InChI is InChI=1S/C13H18N2O3/c1-17-10-4-3-9-5-7-15(8-6-14)13(16)11(9)12(10)18-2/h3-4H,5-8,14H2,1-2H3. The predicted molar refractivity (Wildman–Crippen MR) is 68.2 cm³/mol. The lowest BCUT2D eigenvalue weighted by Gasteiger charge is -2.29. The molecule has 5 heteroatoms. The molecule has 5 nitrogen and oxygen atoms in total. The summed E-state index contributed by atoms with van der Waals surface area (Å²) in [6, 6.07) is 3.76. The van der Waals surface area contributed by atoms with Gasteiger partial charge in [0.25, 0.3) is 5.91 Å². The minimum Gasteiger partial charge on any atom is -0.493 e. The molecule has 2 N–H and O–H groups in total. The van der Waals surface area contributed by atoms with Crippen LogP contribution in [0.3, 0.4) is 0 Å². The zero-order valence-corrected chi connectivity index (χ0v) is 10.7. The third kappa shape index (κ3) is 2.01. The second-order valence-electron chi connectivity index (χ2n) is 4.17. The summed E-state index contributed by atoms with van der Waals surface area (Å²) in [4.78, 5) is 14.1. The van der Waals surface area contributed by atoms with Crippen molar-refractivity contribution in [3.05, 3.63) is 23.3 Å². The van der Waals surface area contributed by atoms with Crippen LogP contribution in [0, 0.1) is 0 Å². The van der Waals surface area contributed by atoms with Gasteiger partial charge in [0.05, 0.1) is 19.8 Å². The first-order chi connectivity index (χ1) is 8.72. The van der Waals surface area contributed by atoms with E-state index in [9.17, 15) is 4.79 Å². The van der Waals surface area contributed by atoms with E-state index in [1.807, 2.05) is 12.1 Å². The summed E-state index contributed by atoms with van der Waals surface area (Å²) in [6.07, 6.45) is 0.821. The fraction of sp³-hybridized carbons (Fsp3) is 0.462. The number of carbonyl (C=O) groups excluding carboxylic acids is 1. The number of nitrogens with zero attached hydrogens (tertiary/aromatic N) is 1. The topological polar surface area (TPSA) is 64.8 Å². The van der Waals surface area contributed by atoms with Crippen LogP contribution in [-0.2, 0) is 6.42 Å². The van der Waals surface area contributed by atoms with E-state index in [1.54, 1.807) is 19.1 Å². The largest absolute Gasteiger partial charge is 0.493 e. The second kappa shape index (κ2) is 5.27. The summed E-state index contributed by atoms with van der Waals surface area (Å²) in [6.45, 7) is 1.74. The molecule has 98 valence electrons. The lowest BCUT2D eigenvalue weighted by atomic mass is 9.97. The molecule has 0 saturated heterocycles. The highest BCUT2D eigenvalue weighted by Crippen LogP contribution is 2.36. The Morgan fingerprint density at radius 2 is 2.11 bits per heavy atom. The maximum atomic E-state index is 12.4. The Morgan fingerprint density at radius 3 is 2.72 bits per heavy atom. The summed E-state index contributed by atoms with van der Waals surface area (Å²) in [5.41, 5.74) is 7.13. The van der Waals surface area contributed by atoms with Crippen molar-refractivity contribution in [2.45, 2.75) is 6.42 Å². The van der Waals surface area contributed by atoms with Gasteiger partial charge in [0, 0.05) is 19.6 Å². The Kier molecular flexibility index (Phi) is 3.72. The van der Waals surface area contributed by atoms with Crippen molar-refractivity contribution in [1.29, 1.82) is 0 Å². The first-order valence-corrected chi connectivity index (χ1v) is 5.96. The van der Waals surface area contributed by atoms with Gasteiger partial charge in [-0.3, -0.25) is 4.79 Å². The number of amides is 1. The van der Waals surface area contributed by atoms with Gasteiger partial charge in [0.15, 0.2) is 11.5 Å². The minimum absolute atomic E-state index is 0.0301. The van der Waals surface area contributed by atoms with E-state index in [-0.39, 0.29) is 5.91 Å². The molecule has 0 atom stereocenters. The van der Waals surface area contributed by atoms with Crippen LogP contribution in [0.5, 0.6) is 11.5 Å². The van der Waals surface area contributed by atoms with Crippen LogP contribution in [0.25, 0.3) is 0 Å². The third-order valence-corrected chi connectivity index (χ3v) is 3.18. The maximum Gasteiger partial charge on any atom is 0.258 e. The first kappa shape index (κ1) is 12.7. The molecule has 0 bridgehead atoms. The SMILES string of the molecule is COc1ccc2c(c1OC)C(=O)N(CCN)CC2. The van der Waals surface area contributed by atoms with Crippen molar-refractivity contribution in [1.82, 2.24) is 4.90 Å². The normalized spacial score (nSPS) is 14.4.